The van der Waals surface area contributed by atoms with Crippen LogP contribution in [0.4, 0.5) is 0 Å². The van der Waals surface area contributed by atoms with E-state index in [1.807, 2.05) is 41.5 Å². The van der Waals surface area contributed by atoms with E-state index < -0.39 is 5.60 Å². The quantitative estimate of drug-likeness (QED) is 0.219. The van der Waals surface area contributed by atoms with Crippen LogP contribution in [0.5, 0.6) is 5.75 Å². The third-order valence-corrected chi connectivity index (χ3v) is 7.85. The fraction of sp³-hybridized carbons (Fsp3) is 0.276. The predicted octanol–water partition coefficient (Wildman–Crippen LogP) is 7.67. The van der Waals surface area contributed by atoms with Gasteiger partial charge in [-0.25, -0.2) is 4.79 Å². The minimum Gasteiger partial charge on any atom is -0.481 e. The Hall–Kier alpha value is -3.11. The third-order valence-electron chi connectivity index (χ3n) is 5.85. The molecule has 3 aromatic carbocycles. The number of esters is 1. The van der Waals surface area contributed by atoms with E-state index in [0.29, 0.717) is 0 Å². The number of thiophene rings is 1. The van der Waals surface area contributed by atoms with E-state index in [2.05, 4.69) is 66.0 Å². The molecule has 3 nitrogen and oxygen atoms in total. The van der Waals surface area contributed by atoms with Gasteiger partial charge in [0.15, 0.2) is 16.2 Å². The zero-order valence-corrected chi connectivity index (χ0v) is 21.0. The van der Waals surface area contributed by atoms with E-state index in [9.17, 15) is 4.79 Å². The van der Waals surface area contributed by atoms with Crippen molar-refractivity contribution < 1.29 is 14.3 Å². The van der Waals surface area contributed by atoms with Gasteiger partial charge in [0, 0.05) is 34.1 Å². The SMILES string of the molecule is Cc1cc(C)cc(C(C)(C)OC(=O)COc2c(C)cc(-[s+]3ccc4ccccc43)cc2C)c1. The highest BCUT2D eigenvalue weighted by atomic mass is 32.2. The molecule has 4 aromatic rings. The Morgan fingerprint density at radius 2 is 1.52 bits per heavy atom. The first-order valence-electron chi connectivity index (χ1n) is 11.2. The second-order valence-electron chi connectivity index (χ2n) is 9.21. The molecule has 1 unspecified atom stereocenters. The van der Waals surface area contributed by atoms with Crippen LogP contribution in [0.2, 0.25) is 0 Å². The smallest absolute Gasteiger partial charge is 0.345 e. The molecule has 170 valence electrons. The summed E-state index contributed by atoms with van der Waals surface area (Å²) in [4.78, 5) is 13.9. The molecule has 1 aromatic heterocycles. The first kappa shape index (κ1) is 23.1. The number of hydrogen-bond acceptors (Lipinski definition) is 3. The number of fused-ring (bicyclic) bond motifs is 1. The largest absolute Gasteiger partial charge is 0.481 e. The topological polar surface area (TPSA) is 35.5 Å². The van der Waals surface area contributed by atoms with Crippen molar-refractivity contribution in [3.63, 3.8) is 0 Å². The Kier molecular flexibility index (Phi) is 6.31. The summed E-state index contributed by atoms with van der Waals surface area (Å²) in [7, 11) is -0.0735. The molecule has 1 atom stereocenters. The summed E-state index contributed by atoms with van der Waals surface area (Å²) in [5.41, 5.74) is 4.60. The normalized spacial score (nSPS) is 12.1. The van der Waals surface area contributed by atoms with Crippen LogP contribution < -0.4 is 4.74 Å². The van der Waals surface area contributed by atoms with Crippen molar-refractivity contribution in [3.8, 4) is 10.6 Å². The Bertz CT molecular complexity index is 1290. The first-order chi connectivity index (χ1) is 15.6. The van der Waals surface area contributed by atoms with Gasteiger partial charge < -0.3 is 9.47 Å². The molecule has 0 aliphatic heterocycles. The lowest BCUT2D eigenvalue weighted by Crippen LogP contribution is -2.29. The van der Waals surface area contributed by atoms with Crippen LogP contribution in [0.25, 0.3) is 15.0 Å². The van der Waals surface area contributed by atoms with Crippen molar-refractivity contribution in [3.05, 3.63) is 93.9 Å². The highest BCUT2D eigenvalue weighted by Gasteiger charge is 2.26. The first-order valence-corrected chi connectivity index (χ1v) is 12.5. The molecule has 0 aliphatic rings. The van der Waals surface area contributed by atoms with Crippen molar-refractivity contribution in [2.75, 3.05) is 6.61 Å². The van der Waals surface area contributed by atoms with Gasteiger partial charge in [-0.15, -0.1) is 0 Å². The summed E-state index contributed by atoms with van der Waals surface area (Å²) in [6.45, 7) is 11.9. The number of ether oxygens (including phenoxy) is 2. The molecular formula is C29H31O3S+. The molecule has 0 aliphatic carbocycles. The molecule has 0 amide bonds. The molecule has 0 N–H and O–H groups in total. The lowest BCUT2D eigenvalue weighted by molar-refractivity contribution is -0.159. The molecule has 4 heteroatoms. The minimum atomic E-state index is -0.728. The van der Waals surface area contributed by atoms with E-state index in [0.717, 1.165) is 33.6 Å². The van der Waals surface area contributed by atoms with E-state index in [1.54, 1.807) is 0 Å². The summed E-state index contributed by atoms with van der Waals surface area (Å²) in [6, 6.07) is 21.3. The average molecular weight is 460 g/mol. The van der Waals surface area contributed by atoms with E-state index in [1.165, 1.54) is 15.0 Å². The maximum atomic E-state index is 12.7. The third kappa shape index (κ3) is 4.96. The van der Waals surface area contributed by atoms with Crippen LogP contribution in [0.15, 0.2) is 66.0 Å². The lowest BCUT2D eigenvalue weighted by atomic mass is 9.94. The Labute approximate surface area is 199 Å². The Morgan fingerprint density at radius 1 is 0.879 bits per heavy atom. The molecule has 0 saturated carbocycles. The van der Waals surface area contributed by atoms with Crippen molar-refractivity contribution in [1.29, 1.82) is 0 Å². The summed E-state index contributed by atoms with van der Waals surface area (Å²) < 4.78 is 13.1. The summed E-state index contributed by atoms with van der Waals surface area (Å²) in [5, 5.41) is 3.55. The van der Waals surface area contributed by atoms with Gasteiger partial charge in [-0.05, 0) is 70.4 Å². The number of hydrogen-bond donors (Lipinski definition) is 0. The molecule has 4 rings (SSSR count). The van der Waals surface area contributed by atoms with Crippen LogP contribution >= 0.6 is 10.5 Å². The predicted molar refractivity (Wildman–Crippen MR) is 138 cm³/mol. The zero-order chi connectivity index (χ0) is 23.8. The van der Waals surface area contributed by atoms with Gasteiger partial charge in [0.2, 0.25) is 0 Å². The number of rotatable bonds is 6. The second-order valence-corrected chi connectivity index (χ2v) is 11.1. The number of aryl methyl sites for hydroxylation is 4. The van der Waals surface area contributed by atoms with Crippen molar-refractivity contribution in [1.82, 2.24) is 0 Å². The van der Waals surface area contributed by atoms with E-state index in [4.69, 9.17) is 9.47 Å². The molecule has 1 heterocycles. The van der Waals surface area contributed by atoms with Crippen molar-refractivity contribution in [2.24, 2.45) is 0 Å². The highest BCUT2D eigenvalue weighted by Crippen LogP contribution is 2.42. The van der Waals surface area contributed by atoms with Crippen LogP contribution in [0, 0.1) is 27.7 Å². The minimum absolute atomic E-state index is 0.0735. The van der Waals surface area contributed by atoms with Gasteiger partial charge >= 0.3 is 5.97 Å². The molecule has 0 fully saturated rings. The number of benzene rings is 3. The van der Waals surface area contributed by atoms with Crippen LogP contribution in [-0.4, -0.2) is 12.6 Å². The van der Waals surface area contributed by atoms with Gasteiger partial charge in [-0.2, -0.15) is 0 Å². The van der Waals surface area contributed by atoms with Crippen LogP contribution in [0.1, 0.15) is 41.7 Å². The summed E-state index contributed by atoms with van der Waals surface area (Å²) in [6.07, 6.45) is 0. The van der Waals surface area contributed by atoms with Gasteiger partial charge in [0.1, 0.15) is 16.7 Å². The fourth-order valence-electron chi connectivity index (χ4n) is 4.33. The fourth-order valence-corrected chi connectivity index (χ4v) is 6.39. The van der Waals surface area contributed by atoms with Gasteiger partial charge in [-0.1, -0.05) is 41.5 Å². The molecular weight excluding hydrogens is 428 g/mol. The van der Waals surface area contributed by atoms with Gasteiger partial charge in [-0.3, -0.25) is 0 Å². The summed E-state index contributed by atoms with van der Waals surface area (Å²) >= 11 is 0. The zero-order valence-electron chi connectivity index (χ0n) is 20.2. The maximum absolute atomic E-state index is 12.7. The van der Waals surface area contributed by atoms with Crippen molar-refractivity contribution in [2.45, 2.75) is 47.1 Å². The standard InChI is InChI=1S/C29H31O3S/c1-19-13-20(2)15-24(14-19)29(5,6)32-27(30)18-31-28-21(3)16-25(17-22(28)4)33-12-11-23-9-7-8-10-26(23)33/h7-17H,18H2,1-6H3/q+1. The van der Waals surface area contributed by atoms with E-state index in [-0.39, 0.29) is 23.0 Å². The van der Waals surface area contributed by atoms with Crippen LogP contribution in [-0.2, 0) is 15.1 Å². The molecule has 0 saturated heterocycles. The maximum Gasteiger partial charge on any atom is 0.345 e. The van der Waals surface area contributed by atoms with Gasteiger partial charge in [0.25, 0.3) is 0 Å². The monoisotopic (exact) mass is 459 g/mol. The van der Waals surface area contributed by atoms with Crippen molar-refractivity contribution >= 4 is 26.5 Å². The Morgan fingerprint density at radius 3 is 2.18 bits per heavy atom. The molecule has 0 radical (unpaired) electrons. The Balaban J connectivity index is 1.48. The number of carbonyl (C=O) groups excluding carboxylic acids is 1. The highest BCUT2D eigenvalue weighted by molar-refractivity contribution is 7.43. The average Bonchev–Trinajstić information content (AvgIpc) is 3.16. The molecule has 33 heavy (non-hydrogen) atoms. The molecule has 0 spiro atoms. The lowest BCUT2D eigenvalue weighted by Gasteiger charge is -2.26. The number of carbonyl (C=O) groups is 1. The summed E-state index contributed by atoms with van der Waals surface area (Å²) in [5.74, 6) is 0.372. The van der Waals surface area contributed by atoms with E-state index >= 15 is 0 Å². The second kappa shape index (κ2) is 9.03. The van der Waals surface area contributed by atoms with Crippen LogP contribution in [0.3, 0.4) is 0 Å². The molecule has 0 bridgehead atoms. The van der Waals surface area contributed by atoms with Gasteiger partial charge in [0.05, 0.1) is 0 Å².